The van der Waals surface area contributed by atoms with E-state index in [4.69, 9.17) is 0 Å². The highest BCUT2D eigenvalue weighted by Gasteiger charge is 2.41. The number of likely N-dealkylation sites (tertiary alicyclic amines) is 1. The van der Waals surface area contributed by atoms with Crippen LogP contribution < -0.4 is 5.32 Å². The number of hydrogen-bond donors (Lipinski definition) is 1. The second-order valence-electron chi connectivity index (χ2n) is 8.37. The molecule has 2 amide bonds. The van der Waals surface area contributed by atoms with Gasteiger partial charge in [0.25, 0.3) is 11.8 Å². The predicted molar refractivity (Wildman–Crippen MR) is 109 cm³/mol. The van der Waals surface area contributed by atoms with Crippen LogP contribution in [0.2, 0.25) is 0 Å². The minimum Gasteiger partial charge on any atom is -0.356 e. The number of hydrogen-bond acceptors (Lipinski definition) is 3. The molecule has 1 N–H and O–H groups in total. The third-order valence-electron chi connectivity index (χ3n) is 6.58. The summed E-state index contributed by atoms with van der Waals surface area (Å²) in [6.45, 7) is 3.50. The number of amides is 2. The van der Waals surface area contributed by atoms with Gasteiger partial charge in [-0.3, -0.25) is 19.5 Å². The third kappa shape index (κ3) is 3.52. The molecule has 1 saturated carbocycles. The molecule has 1 aliphatic carbocycles. The van der Waals surface area contributed by atoms with Crippen molar-refractivity contribution in [3.05, 3.63) is 35.4 Å². The summed E-state index contributed by atoms with van der Waals surface area (Å²) in [5.74, 6) is 0.663. The van der Waals surface area contributed by atoms with Crippen LogP contribution in [0.5, 0.6) is 0 Å². The zero-order valence-electron chi connectivity index (χ0n) is 16.7. The molecule has 0 aromatic heterocycles. The normalized spacial score (nSPS) is 21.1. The summed E-state index contributed by atoms with van der Waals surface area (Å²) < 4.78 is 0. The molecule has 6 nitrogen and oxygen atoms in total. The summed E-state index contributed by atoms with van der Waals surface area (Å²) in [7, 11) is 1.85. The fourth-order valence-electron chi connectivity index (χ4n) is 5.02. The topological polar surface area (TPSA) is 65.0 Å². The van der Waals surface area contributed by atoms with Crippen LogP contribution in [0.4, 0.5) is 0 Å². The van der Waals surface area contributed by atoms with Crippen LogP contribution in [0.25, 0.3) is 0 Å². The monoisotopic (exact) mass is 382 g/mol. The molecule has 3 aliphatic rings. The molecule has 150 valence electrons. The van der Waals surface area contributed by atoms with Crippen molar-refractivity contribution in [2.75, 3.05) is 33.2 Å². The first-order valence-corrected chi connectivity index (χ1v) is 10.5. The highest BCUT2D eigenvalue weighted by atomic mass is 16.2. The Morgan fingerprint density at radius 3 is 2.39 bits per heavy atom. The first kappa shape index (κ1) is 19.0. The van der Waals surface area contributed by atoms with Gasteiger partial charge >= 0.3 is 0 Å². The Balaban J connectivity index is 1.21. The molecule has 2 fully saturated rings. The molecule has 1 saturated heterocycles. The second kappa shape index (κ2) is 7.94. The highest BCUT2D eigenvalue weighted by molar-refractivity contribution is 6.21. The van der Waals surface area contributed by atoms with Gasteiger partial charge in [0, 0.05) is 33.2 Å². The number of aliphatic imine (C=N–C) groups is 1. The van der Waals surface area contributed by atoms with Crippen molar-refractivity contribution in [1.29, 1.82) is 0 Å². The molecule has 4 rings (SSSR count). The molecular formula is C22H30N4O2. The number of nitrogens with one attached hydrogen (secondary N) is 1. The van der Waals surface area contributed by atoms with Gasteiger partial charge in [0.1, 0.15) is 0 Å². The van der Waals surface area contributed by atoms with Crippen molar-refractivity contribution in [1.82, 2.24) is 15.1 Å². The molecule has 0 atom stereocenters. The number of imide groups is 1. The smallest absolute Gasteiger partial charge is 0.261 e. The Labute approximate surface area is 167 Å². The zero-order chi connectivity index (χ0) is 19.6. The minimum absolute atomic E-state index is 0.164. The number of guanidine groups is 1. The van der Waals surface area contributed by atoms with Gasteiger partial charge in [-0.25, -0.2) is 0 Å². The predicted octanol–water partition coefficient (Wildman–Crippen LogP) is 2.90. The SMILES string of the molecule is CN=C(NCCCCN1C(=O)c2ccccc2C1=O)N1CCC2(CCCC2)C1. The van der Waals surface area contributed by atoms with Gasteiger partial charge in [-0.15, -0.1) is 0 Å². The van der Waals surface area contributed by atoms with Gasteiger partial charge in [-0.2, -0.15) is 0 Å². The van der Waals surface area contributed by atoms with E-state index < -0.39 is 0 Å². The molecule has 2 aliphatic heterocycles. The zero-order valence-corrected chi connectivity index (χ0v) is 16.7. The minimum atomic E-state index is -0.164. The summed E-state index contributed by atoms with van der Waals surface area (Å²) in [4.78, 5) is 33.0. The second-order valence-corrected chi connectivity index (χ2v) is 8.37. The van der Waals surface area contributed by atoms with Gasteiger partial charge in [0.15, 0.2) is 5.96 Å². The maximum absolute atomic E-state index is 12.4. The lowest BCUT2D eigenvalue weighted by Crippen LogP contribution is -2.41. The highest BCUT2D eigenvalue weighted by Crippen LogP contribution is 2.45. The van der Waals surface area contributed by atoms with Crippen LogP contribution in [0, 0.1) is 5.41 Å². The molecule has 0 radical (unpaired) electrons. The first-order chi connectivity index (χ1) is 13.6. The molecule has 1 aromatic carbocycles. The van der Waals surface area contributed by atoms with E-state index in [0.717, 1.165) is 38.4 Å². The molecule has 6 heteroatoms. The van der Waals surface area contributed by atoms with E-state index in [1.807, 2.05) is 7.05 Å². The number of nitrogens with zero attached hydrogens (tertiary/aromatic N) is 3. The lowest BCUT2D eigenvalue weighted by molar-refractivity contribution is 0.0652. The number of fused-ring (bicyclic) bond motifs is 1. The Kier molecular flexibility index (Phi) is 5.38. The lowest BCUT2D eigenvalue weighted by atomic mass is 9.86. The standard InChI is InChI=1S/C22H30N4O2/c1-23-21(25-15-12-22(16-25)10-4-5-11-22)24-13-6-7-14-26-19(27)17-8-2-3-9-18(17)20(26)28/h2-3,8-9H,4-7,10-16H2,1H3,(H,23,24). The number of carbonyl (C=O) groups is 2. The molecule has 1 spiro atoms. The van der Waals surface area contributed by atoms with E-state index in [-0.39, 0.29) is 11.8 Å². The van der Waals surface area contributed by atoms with Crippen molar-refractivity contribution >= 4 is 17.8 Å². The van der Waals surface area contributed by atoms with Gasteiger partial charge in [-0.1, -0.05) is 25.0 Å². The maximum atomic E-state index is 12.4. The Morgan fingerprint density at radius 2 is 1.75 bits per heavy atom. The molecular weight excluding hydrogens is 352 g/mol. The van der Waals surface area contributed by atoms with E-state index in [1.54, 1.807) is 24.3 Å². The van der Waals surface area contributed by atoms with Crippen molar-refractivity contribution in [3.8, 4) is 0 Å². The van der Waals surface area contributed by atoms with Crippen molar-refractivity contribution in [2.45, 2.75) is 44.9 Å². The van der Waals surface area contributed by atoms with Crippen molar-refractivity contribution in [2.24, 2.45) is 10.4 Å². The van der Waals surface area contributed by atoms with Gasteiger partial charge < -0.3 is 10.2 Å². The van der Waals surface area contributed by atoms with Gasteiger partial charge in [-0.05, 0) is 49.7 Å². The van der Waals surface area contributed by atoms with Crippen LogP contribution in [0.15, 0.2) is 29.3 Å². The number of rotatable bonds is 5. The average molecular weight is 383 g/mol. The number of carbonyl (C=O) groups excluding carboxylic acids is 2. The summed E-state index contributed by atoms with van der Waals surface area (Å²) >= 11 is 0. The Hall–Kier alpha value is -2.37. The molecule has 28 heavy (non-hydrogen) atoms. The number of unbranched alkanes of at least 4 members (excludes halogenated alkanes) is 1. The first-order valence-electron chi connectivity index (χ1n) is 10.5. The van der Waals surface area contributed by atoms with Crippen LogP contribution in [0.3, 0.4) is 0 Å². The van der Waals surface area contributed by atoms with E-state index in [2.05, 4.69) is 15.2 Å². The third-order valence-corrected chi connectivity index (χ3v) is 6.58. The van der Waals surface area contributed by atoms with E-state index in [0.29, 0.717) is 23.1 Å². The van der Waals surface area contributed by atoms with Crippen LogP contribution >= 0.6 is 0 Å². The Bertz CT molecular complexity index is 747. The van der Waals surface area contributed by atoms with Gasteiger partial charge in [0.05, 0.1) is 11.1 Å². The van der Waals surface area contributed by atoms with Crippen LogP contribution in [0.1, 0.15) is 65.7 Å². The lowest BCUT2D eigenvalue weighted by Gasteiger charge is -2.26. The van der Waals surface area contributed by atoms with Crippen molar-refractivity contribution in [3.63, 3.8) is 0 Å². The fourth-order valence-corrected chi connectivity index (χ4v) is 5.02. The average Bonchev–Trinajstić information content (AvgIpc) is 3.41. The van der Waals surface area contributed by atoms with Gasteiger partial charge in [0.2, 0.25) is 0 Å². The van der Waals surface area contributed by atoms with E-state index >= 15 is 0 Å². The molecule has 0 bridgehead atoms. The molecule has 1 aromatic rings. The fraction of sp³-hybridized carbons (Fsp3) is 0.591. The largest absolute Gasteiger partial charge is 0.356 e. The number of benzene rings is 1. The van der Waals surface area contributed by atoms with E-state index in [9.17, 15) is 9.59 Å². The van der Waals surface area contributed by atoms with Crippen LogP contribution in [-0.2, 0) is 0 Å². The van der Waals surface area contributed by atoms with Crippen LogP contribution in [-0.4, -0.2) is 60.8 Å². The van der Waals surface area contributed by atoms with E-state index in [1.165, 1.54) is 37.0 Å². The maximum Gasteiger partial charge on any atom is 0.261 e. The van der Waals surface area contributed by atoms with Crippen molar-refractivity contribution < 1.29 is 9.59 Å². The Morgan fingerprint density at radius 1 is 1.07 bits per heavy atom. The quantitative estimate of drug-likeness (QED) is 0.368. The summed E-state index contributed by atoms with van der Waals surface area (Å²) in [5.41, 5.74) is 1.59. The summed E-state index contributed by atoms with van der Waals surface area (Å²) in [6.07, 6.45) is 8.44. The summed E-state index contributed by atoms with van der Waals surface area (Å²) in [5, 5.41) is 3.47. The summed E-state index contributed by atoms with van der Waals surface area (Å²) in [6, 6.07) is 7.07. The molecule has 2 heterocycles. The molecule has 0 unspecified atom stereocenters.